The highest BCUT2D eigenvalue weighted by Crippen LogP contribution is 2.14. The fourth-order valence-electron chi connectivity index (χ4n) is 1.34. The minimum Gasteiger partial charge on any atom is -0.272 e. The summed E-state index contributed by atoms with van der Waals surface area (Å²) in [7, 11) is 0. The normalized spacial score (nSPS) is 11.9. The number of nitrogens with zero attached hydrogens (tertiary/aromatic N) is 4. The number of carbonyl (C=O) groups excluding carboxylic acids is 1. The van der Waals surface area contributed by atoms with Gasteiger partial charge in [-0.05, 0) is 18.2 Å². The molecule has 1 amide bonds. The molecule has 0 saturated carbocycles. The summed E-state index contributed by atoms with van der Waals surface area (Å²) in [6, 6.07) is 5.51. The van der Waals surface area contributed by atoms with E-state index in [4.69, 9.17) is 0 Å². The summed E-state index contributed by atoms with van der Waals surface area (Å²) >= 11 is 0. The number of hydrogen-bond donors (Lipinski definition) is 0. The lowest BCUT2D eigenvalue weighted by Gasteiger charge is -2.11. The molecule has 0 fully saturated rings. The van der Waals surface area contributed by atoms with Crippen LogP contribution in [0.2, 0.25) is 0 Å². The van der Waals surface area contributed by atoms with Gasteiger partial charge in [0.15, 0.2) is 5.82 Å². The second-order valence-corrected chi connectivity index (χ2v) is 5.21. The van der Waals surface area contributed by atoms with E-state index in [1.807, 2.05) is 45.2 Å². The van der Waals surface area contributed by atoms with Crippen molar-refractivity contribution in [1.82, 2.24) is 14.8 Å². The van der Waals surface area contributed by atoms with Crippen LogP contribution in [0.1, 0.15) is 26.3 Å². The smallest absolute Gasteiger partial charge is 0.251 e. The van der Waals surface area contributed by atoms with Crippen molar-refractivity contribution in [2.75, 3.05) is 0 Å². The second-order valence-electron chi connectivity index (χ2n) is 5.21. The van der Waals surface area contributed by atoms with Crippen molar-refractivity contribution >= 4 is 12.1 Å². The molecule has 98 valence electrons. The van der Waals surface area contributed by atoms with E-state index < -0.39 is 5.41 Å². The number of rotatable bonds is 2. The van der Waals surface area contributed by atoms with E-state index in [-0.39, 0.29) is 5.91 Å². The highest BCUT2D eigenvalue weighted by atomic mass is 16.1. The fraction of sp³-hybridized carbons (Fsp3) is 0.286. The summed E-state index contributed by atoms with van der Waals surface area (Å²) in [6.07, 6.45) is 6.71. The molecular weight excluding hydrogens is 240 g/mol. The topological polar surface area (TPSA) is 60.1 Å². The molecule has 5 nitrogen and oxygen atoms in total. The Hall–Kier alpha value is -2.30. The Morgan fingerprint density at radius 3 is 2.68 bits per heavy atom. The SMILES string of the molecule is CC(C)(C)C(=O)N=Cc1ccc(-n2cccn2)nc1. The van der Waals surface area contributed by atoms with Gasteiger partial charge in [-0.3, -0.25) is 4.79 Å². The molecule has 5 heteroatoms. The number of pyridine rings is 1. The zero-order chi connectivity index (χ0) is 13.9. The number of amides is 1. The molecule has 0 aromatic carbocycles. The summed E-state index contributed by atoms with van der Waals surface area (Å²) in [5.74, 6) is 0.577. The first-order valence-electron chi connectivity index (χ1n) is 6.01. The van der Waals surface area contributed by atoms with Gasteiger partial charge >= 0.3 is 0 Å². The van der Waals surface area contributed by atoms with Crippen molar-refractivity contribution in [2.24, 2.45) is 10.4 Å². The first kappa shape index (κ1) is 13.1. The van der Waals surface area contributed by atoms with Gasteiger partial charge in [-0.2, -0.15) is 5.10 Å². The lowest BCUT2D eigenvalue weighted by Crippen LogP contribution is -2.17. The maximum absolute atomic E-state index is 11.7. The maximum atomic E-state index is 11.7. The standard InChI is InChI=1S/C14H16N4O/c1-14(2,3)13(19)16-10-11-5-6-12(15-9-11)18-8-4-7-17-18/h4-10H,1-3H3. The Balaban J connectivity index is 2.12. The van der Waals surface area contributed by atoms with E-state index in [9.17, 15) is 4.79 Å². The molecule has 0 radical (unpaired) electrons. The molecule has 0 saturated heterocycles. The highest BCUT2D eigenvalue weighted by molar-refractivity contribution is 5.93. The second kappa shape index (κ2) is 5.14. The predicted molar refractivity (Wildman–Crippen MR) is 73.4 cm³/mol. The zero-order valence-electron chi connectivity index (χ0n) is 11.2. The van der Waals surface area contributed by atoms with Crippen molar-refractivity contribution in [2.45, 2.75) is 20.8 Å². The predicted octanol–water partition coefficient (Wildman–Crippen LogP) is 2.26. The molecule has 19 heavy (non-hydrogen) atoms. The van der Waals surface area contributed by atoms with Crippen molar-refractivity contribution in [1.29, 1.82) is 0 Å². The average Bonchev–Trinajstić information content (AvgIpc) is 2.89. The van der Waals surface area contributed by atoms with E-state index in [1.54, 1.807) is 17.1 Å². The summed E-state index contributed by atoms with van der Waals surface area (Å²) in [4.78, 5) is 19.9. The van der Waals surface area contributed by atoms with E-state index in [0.29, 0.717) is 0 Å². The van der Waals surface area contributed by atoms with Gasteiger partial charge in [-0.1, -0.05) is 20.8 Å². The van der Waals surface area contributed by atoms with Crippen molar-refractivity contribution < 1.29 is 4.79 Å². The van der Waals surface area contributed by atoms with Gasteiger partial charge in [0.05, 0.1) is 0 Å². The third kappa shape index (κ3) is 3.34. The molecular formula is C14H16N4O. The van der Waals surface area contributed by atoms with Crippen LogP contribution >= 0.6 is 0 Å². The number of carbonyl (C=O) groups is 1. The van der Waals surface area contributed by atoms with Gasteiger partial charge in [-0.25, -0.2) is 14.7 Å². The molecule has 0 aliphatic carbocycles. The Morgan fingerprint density at radius 1 is 1.37 bits per heavy atom. The van der Waals surface area contributed by atoms with Crippen LogP contribution in [0.4, 0.5) is 0 Å². The number of aliphatic imine (C=N–C) groups is 1. The molecule has 0 aliphatic rings. The summed E-state index contributed by atoms with van der Waals surface area (Å²) < 4.78 is 1.67. The maximum Gasteiger partial charge on any atom is 0.251 e. The largest absolute Gasteiger partial charge is 0.272 e. The molecule has 2 aromatic rings. The lowest BCUT2D eigenvalue weighted by molar-refractivity contribution is -0.124. The molecule has 2 aromatic heterocycles. The Kier molecular flexibility index (Phi) is 3.55. The highest BCUT2D eigenvalue weighted by Gasteiger charge is 2.19. The number of aromatic nitrogens is 3. The van der Waals surface area contributed by atoms with Gasteiger partial charge in [0.1, 0.15) is 0 Å². The van der Waals surface area contributed by atoms with Crippen LogP contribution in [0, 0.1) is 5.41 Å². The van der Waals surface area contributed by atoms with Crippen LogP contribution in [-0.4, -0.2) is 26.9 Å². The third-order valence-electron chi connectivity index (χ3n) is 2.48. The van der Waals surface area contributed by atoms with Gasteiger partial charge in [0.25, 0.3) is 5.91 Å². The molecule has 0 spiro atoms. The van der Waals surface area contributed by atoms with E-state index >= 15 is 0 Å². The molecule has 0 N–H and O–H groups in total. The van der Waals surface area contributed by atoms with Gasteiger partial charge in [0, 0.05) is 35.8 Å². The molecule has 2 heterocycles. The van der Waals surface area contributed by atoms with Crippen LogP contribution in [0.5, 0.6) is 0 Å². The molecule has 0 unspecified atom stereocenters. The van der Waals surface area contributed by atoms with Crippen LogP contribution in [0.25, 0.3) is 5.82 Å². The van der Waals surface area contributed by atoms with Crippen molar-refractivity contribution in [3.05, 3.63) is 42.4 Å². The molecule has 2 rings (SSSR count). The Morgan fingerprint density at radius 2 is 2.16 bits per heavy atom. The summed E-state index contributed by atoms with van der Waals surface area (Å²) in [6.45, 7) is 5.52. The zero-order valence-corrected chi connectivity index (χ0v) is 11.2. The first-order valence-corrected chi connectivity index (χ1v) is 6.01. The van der Waals surface area contributed by atoms with Crippen LogP contribution in [0.3, 0.4) is 0 Å². The van der Waals surface area contributed by atoms with Crippen LogP contribution in [-0.2, 0) is 4.79 Å². The quantitative estimate of drug-likeness (QED) is 0.774. The molecule has 0 aliphatic heterocycles. The minimum atomic E-state index is -0.459. The third-order valence-corrected chi connectivity index (χ3v) is 2.48. The first-order chi connectivity index (χ1) is 8.97. The van der Waals surface area contributed by atoms with Gasteiger partial charge in [0.2, 0.25) is 0 Å². The Bertz CT molecular complexity index is 577. The summed E-state index contributed by atoms with van der Waals surface area (Å²) in [5.41, 5.74) is 0.326. The Labute approximate surface area is 112 Å². The van der Waals surface area contributed by atoms with Crippen molar-refractivity contribution in [3.8, 4) is 5.82 Å². The van der Waals surface area contributed by atoms with Gasteiger partial charge in [-0.15, -0.1) is 0 Å². The lowest BCUT2D eigenvalue weighted by atomic mass is 9.96. The van der Waals surface area contributed by atoms with E-state index in [2.05, 4.69) is 15.1 Å². The summed E-state index contributed by atoms with van der Waals surface area (Å²) in [5, 5.41) is 4.09. The monoisotopic (exact) mass is 256 g/mol. The number of hydrogen-bond acceptors (Lipinski definition) is 3. The fourth-order valence-corrected chi connectivity index (χ4v) is 1.34. The van der Waals surface area contributed by atoms with Crippen LogP contribution < -0.4 is 0 Å². The minimum absolute atomic E-state index is 0.149. The average molecular weight is 256 g/mol. The van der Waals surface area contributed by atoms with E-state index in [1.165, 1.54) is 6.21 Å². The van der Waals surface area contributed by atoms with Crippen molar-refractivity contribution in [3.63, 3.8) is 0 Å². The van der Waals surface area contributed by atoms with Crippen LogP contribution in [0.15, 0.2) is 41.8 Å². The molecule has 0 atom stereocenters. The van der Waals surface area contributed by atoms with Gasteiger partial charge < -0.3 is 0 Å². The molecule has 0 bridgehead atoms. The van der Waals surface area contributed by atoms with E-state index in [0.717, 1.165) is 11.4 Å².